The molecule has 2 heterocycles. The monoisotopic (exact) mass is 445 g/mol. The number of aliphatic hydroxyl groups is 2. The van der Waals surface area contributed by atoms with Gasteiger partial charge in [0, 0.05) is 12.1 Å². The van der Waals surface area contributed by atoms with Crippen LogP contribution in [0.3, 0.4) is 0 Å². The minimum Gasteiger partial charge on any atom is -0.393 e. The molecule has 4 unspecified atom stereocenters. The van der Waals surface area contributed by atoms with Crippen molar-refractivity contribution in [1.82, 2.24) is 19.4 Å². The molecule has 0 spiro atoms. The lowest BCUT2D eigenvalue weighted by Gasteiger charge is -2.24. The van der Waals surface area contributed by atoms with Crippen LogP contribution >= 0.6 is 0 Å². The molecule has 0 radical (unpaired) electrons. The number of anilines is 1. The second-order valence-electron chi connectivity index (χ2n) is 8.07. The van der Waals surface area contributed by atoms with E-state index in [0.717, 1.165) is 16.0 Å². The highest BCUT2D eigenvalue weighted by Crippen LogP contribution is 2.35. The van der Waals surface area contributed by atoms with E-state index in [1.54, 1.807) is 30.3 Å². The Balaban J connectivity index is 1.50. The van der Waals surface area contributed by atoms with E-state index in [1.807, 2.05) is 13.8 Å². The number of aryl methyl sites for hydroxylation is 1. The molecule has 1 aliphatic rings. The van der Waals surface area contributed by atoms with Gasteiger partial charge in [0.15, 0.2) is 11.5 Å². The molecule has 4 N–H and O–H groups in total. The first kappa shape index (κ1) is 21.7. The summed E-state index contributed by atoms with van der Waals surface area (Å²) in [6.45, 7) is 3.94. The number of fused-ring (bicyclic) bond motifs is 1. The minimum absolute atomic E-state index is 0.0649. The highest BCUT2D eigenvalue weighted by atomic mass is 32.2. The molecule has 0 bridgehead atoms. The van der Waals surface area contributed by atoms with Gasteiger partial charge in [0.1, 0.15) is 11.7 Å². The summed E-state index contributed by atoms with van der Waals surface area (Å²) < 4.78 is 27.0. The lowest BCUT2D eigenvalue weighted by Crippen LogP contribution is -2.41. The number of hydrogen-bond acceptors (Lipinski definition) is 8. The van der Waals surface area contributed by atoms with Crippen molar-refractivity contribution < 1.29 is 18.6 Å². The third kappa shape index (κ3) is 4.29. The van der Waals surface area contributed by atoms with E-state index in [2.05, 4.69) is 20.8 Å². The lowest BCUT2D eigenvalue weighted by atomic mass is 9.92. The number of hydrazine groups is 1. The van der Waals surface area contributed by atoms with Gasteiger partial charge in [-0.2, -0.15) is 0 Å². The molecule has 31 heavy (non-hydrogen) atoms. The molecular weight excluding hydrogens is 418 g/mol. The summed E-state index contributed by atoms with van der Waals surface area (Å²) in [6, 6.07) is 8.20. The Kier molecular flexibility index (Phi) is 5.98. The topological polar surface area (TPSA) is 129 Å². The summed E-state index contributed by atoms with van der Waals surface area (Å²) >= 11 is 0. The lowest BCUT2D eigenvalue weighted by molar-refractivity contribution is 0.0567. The maximum atomic E-state index is 13.0. The van der Waals surface area contributed by atoms with Crippen LogP contribution < -0.4 is 10.9 Å². The number of rotatable bonds is 7. The van der Waals surface area contributed by atoms with Crippen molar-refractivity contribution in [1.29, 1.82) is 0 Å². The van der Waals surface area contributed by atoms with E-state index >= 15 is 0 Å². The van der Waals surface area contributed by atoms with Crippen molar-refractivity contribution >= 4 is 27.0 Å². The van der Waals surface area contributed by atoms with Gasteiger partial charge in [0.2, 0.25) is 0 Å². The highest BCUT2D eigenvalue weighted by molar-refractivity contribution is 7.90. The quantitative estimate of drug-likeness (QED) is 0.321. The number of benzene rings is 1. The van der Waals surface area contributed by atoms with E-state index in [4.69, 9.17) is 0 Å². The molecule has 3 aromatic rings. The average Bonchev–Trinajstić information content (AvgIpc) is 3.35. The molecule has 1 aromatic carbocycles. The zero-order chi connectivity index (χ0) is 22.2. The van der Waals surface area contributed by atoms with Gasteiger partial charge in [0.25, 0.3) is 10.0 Å². The first-order chi connectivity index (χ1) is 14.8. The molecule has 1 aliphatic carbocycles. The highest BCUT2D eigenvalue weighted by Gasteiger charge is 2.36. The van der Waals surface area contributed by atoms with Gasteiger partial charge in [-0.1, -0.05) is 31.0 Å². The second kappa shape index (κ2) is 8.54. The first-order valence-corrected chi connectivity index (χ1v) is 11.8. The van der Waals surface area contributed by atoms with Gasteiger partial charge in [-0.05, 0) is 43.9 Å². The summed E-state index contributed by atoms with van der Waals surface area (Å²) in [6.07, 6.45) is 3.70. The third-order valence-corrected chi connectivity index (χ3v) is 7.62. The molecular formula is C21H27N5O4S. The predicted molar refractivity (Wildman–Crippen MR) is 117 cm³/mol. The normalized spacial score (nSPS) is 22.6. The fourth-order valence-electron chi connectivity index (χ4n) is 4.20. The van der Waals surface area contributed by atoms with E-state index < -0.39 is 22.4 Å². The van der Waals surface area contributed by atoms with Gasteiger partial charge >= 0.3 is 0 Å². The predicted octanol–water partition coefficient (Wildman–Crippen LogP) is 2.01. The molecule has 2 aromatic heterocycles. The van der Waals surface area contributed by atoms with Crippen molar-refractivity contribution in [3.8, 4) is 0 Å². The number of aliphatic hydroxyl groups excluding tert-OH is 2. The maximum Gasteiger partial charge on any atom is 0.269 e. The number of aromatic nitrogens is 3. The fourth-order valence-corrected chi connectivity index (χ4v) is 5.50. The summed E-state index contributed by atoms with van der Waals surface area (Å²) in [5.74, 6) is 0.530. The van der Waals surface area contributed by atoms with Gasteiger partial charge in [0.05, 0.1) is 17.2 Å². The van der Waals surface area contributed by atoms with Crippen molar-refractivity contribution in [2.45, 2.75) is 50.3 Å². The Hall–Kier alpha value is -2.53. The summed E-state index contributed by atoms with van der Waals surface area (Å²) in [5, 5.41) is 20.4. The molecule has 1 fully saturated rings. The van der Waals surface area contributed by atoms with E-state index in [-0.39, 0.29) is 22.4 Å². The maximum absolute atomic E-state index is 13.0. The van der Waals surface area contributed by atoms with Crippen LogP contribution in [0.4, 0.5) is 5.82 Å². The Morgan fingerprint density at radius 1 is 1.23 bits per heavy atom. The van der Waals surface area contributed by atoms with Crippen LogP contribution in [0.5, 0.6) is 0 Å². The van der Waals surface area contributed by atoms with E-state index in [1.165, 1.54) is 12.4 Å². The van der Waals surface area contributed by atoms with Gasteiger partial charge in [-0.25, -0.2) is 27.8 Å². The SMILES string of the molecule is CCC1CC(O)CC1C(O)NNc1cnc2c(ccn2S(=O)(=O)c2ccc(C)cc2)n1. The summed E-state index contributed by atoms with van der Waals surface area (Å²) in [7, 11) is -3.79. The zero-order valence-electron chi connectivity index (χ0n) is 17.4. The first-order valence-electron chi connectivity index (χ1n) is 10.3. The van der Waals surface area contributed by atoms with Crippen LogP contribution in [-0.2, 0) is 10.0 Å². The number of hydrogen-bond donors (Lipinski definition) is 4. The molecule has 1 saturated carbocycles. The molecule has 4 atom stereocenters. The fraction of sp³-hybridized carbons (Fsp3) is 0.429. The average molecular weight is 446 g/mol. The van der Waals surface area contributed by atoms with Crippen LogP contribution in [0.25, 0.3) is 11.2 Å². The van der Waals surface area contributed by atoms with Gasteiger partial charge < -0.3 is 15.6 Å². The molecule has 9 nitrogen and oxygen atoms in total. The number of nitrogens with zero attached hydrogens (tertiary/aromatic N) is 3. The van der Waals surface area contributed by atoms with Crippen molar-refractivity contribution in [2.75, 3.05) is 5.43 Å². The molecule has 10 heteroatoms. The van der Waals surface area contributed by atoms with Gasteiger partial charge in [-0.3, -0.25) is 0 Å². The van der Waals surface area contributed by atoms with Gasteiger partial charge in [-0.15, -0.1) is 0 Å². The Morgan fingerprint density at radius 2 is 1.97 bits per heavy atom. The Labute approximate surface area is 181 Å². The molecule has 0 aliphatic heterocycles. The van der Waals surface area contributed by atoms with Crippen LogP contribution in [0.1, 0.15) is 31.7 Å². The minimum atomic E-state index is -3.79. The summed E-state index contributed by atoms with van der Waals surface area (Å²) in [4.78, 5) is 8.83. The Bertz CT molecular complexity index is 1160. The van der Waals surface area contributed by atoms with Crippen molar-refractivity contribution in [3.05, 3.63) is 48.3 Å². The van der Waals surface area contributed by atoms with Crippen LogP contribution in [0.2, 0.25) is 0 Å². The molecule has 0 amide bonds. The standard InChI is InChI=1S/C21H27N5O4S/c1-3-14-10-15(27)11-17(14)21(28)25-24-19-12-22-20-18(23-19)8-9-26(20)31(29,30)16-6-4-13(2)5-7-16/h4-9,12,14-15,17,21,25,27-28H,3,10-11H2,1-2H3,(H,23,24). The number of nitrogens with one attached hydrogen (secondary N) is 2. The molecule has 166 valence electrons. The van der Waals surface area contributed by atoms with E-state index in [0.29, 0.717) is 24.2 Å². The Morgan fingerprint density at radius 3 is 2.68 bits per heavy atom. The second-order valence-corrected chi connectivity index (χ2v) is 9.88. The van der Waals surface area contributed by atoms with Crippen LogP contribution in [-0.4, -0.2) is 44.9 Å². The molecule has 0 saturated heterocycles. The van der Waals surface area contributed by atoms with Crippen molar-refractivity contribution in [3.63, 3.8) is 0 Å². The zero-order valence-corrected chi connectivity index (χ0v) is 18.2. The van der Waals surface area contributed by atoms with Crippen LogP contribution in [0, 0.1) is 18.8 Å². The van der Waals surface area contributed by atoms with Crippen LogP contribution in [0.15, 0.2) is 47.6 Å². The van der Waals surface area contributed by atoms with Crippen molar-refractivity contribution in [2.24, 2.45) is 11.8 Å². The summed E-state index contributed by atoms with van der Waals surface area (Å²) in [5.41, 5.74) is 7.26. The van der Waals surface area contributed by atoms with E-state index in [9.17, 15) is 18.6 Å². The largest absolute Gasteiger partial charge is 0.393 e. The smallest absolute Gasteiger partial charge is 0.269 e. The third-order valence-electron chi connectivity index (χ3n) is 5.94. The molecule has 4 rings (SSSR count).